The number of allylic oxidation sites excluding steroid dienone is 1. The molecule has 1 aliphatic carbocycles. The maximum Gasteiger partial charge on any atom is 0.191 e. The summed E-state index contributed by atoms with van der Waals surface area (Å²) in [5.74, 6) is 2.99. The van der Waals surface area contributed by atoms with E-state index in [-0.39, 0.29) is 5.04 Å². The molecule has 158 valence electrons. The van der Waals surface area contributed by atoms with Crippen molar-refractivity contribution in [2.45, 2.75) is 84.4 Å². The summed E-state index contributed by atoms with van der Waals surface area (Å²) in [4.78, 5) is 0. The molecule has 1 aromatic carbocycles. The van der Waals surface area contributed by atoms with Crippen LogP contribution in [-0.2, 0) is 4.43 Å². The average molecular weight is 403 g/mol. The molecule has 1 aromatic rings. The van der Waals surface area contributed by atoms with Crippen molar-refractivity contribution < 1.29 is 9.16 Å². The van der Waals surface area contributed by atoms with Crippen LogP contribution in [0, 0.1) is 11.8 Å². The van der Waals surface area contributed by atoms with Crippen LogP contribution in [0.15, 0.2) is 36.4 Å². The molecule has 1 saturated carbocycles. The Kier molecular flexibility index (Phi) is 7.98. The van der Waals surface area contributed by atoms with E-state index in [1.54, 1.807) is 0 Å². The smallest absolute Gasteiger partial charge is 0.191 e. The van der Waals surface area contributed by atoms with Crippen molar-refractivity contribution in [3.05, 3.63) is 42.0 Å². The van der Waals surface area contributed by atoms with Crippen molar-refractivity contribution in [2.75, 3.05) is 13.2 Å². The second kappa shape index (κ2) is 9.62. The van der Waals surface area contributed by atoms with E-state index in [4.69, 9.17) is 9.16 Å². The lowest BCUT2D eigenvalue weighted by atomic mass is 9.69. The predicted molar refractivity (Wildman–Crippen MR) is 124 cm³/mol. The first-order chi connectivity index (χ1) is 13.0. The molecule has 0 radical (unpaired) electrons. The van der Waals surface area contributed by atoms with Gasteiger partial charge in [0.05, 0.1) is 6.61 Å². The highest BCUT2D eigenvalue weighted by atomic mass is 28.4. The second-order valence-electron chi connectivity index (χ2n) is 10.4. The molecule has 1 aliphatic rings. The highest BCUT2D eigenvalue weighted by molar-refractivity contribution is 6.74. The Balaban J connectivity index is 1.83. The second-order valence-corrected chi connectivity index (χ2v) is 15.2. The van der Waals surface area contributed by atoms with E-state index in [1.165, 1.54) is 30.4 Å². The van der Waals surface area contributed by atoms with E-state index in [1.807, 2.05) is 0 Å². The Labute approximate surface area is 174 Å². The third-order valence-corrected chi connectivity index (χ3v) is 11.4. The average Bonchev–Trinajstić information content (AvgIpc) is 2.60. The van der Waals surface area contributed by atoms with Crippen LogP contribution >= 0.6 is 0 Å². The fraction of sp³-hybridized carbons (Fsp3) is 0.680. The van der Waals surface area contributed by atoms with Gasteiger partial charge < -0.3 is 9.16 Å². The lowest BCUT2D eigenvalue weighted by Gasteiger charge is -2.36. The highest BCUT2D eigenvalue weighted by Crippen LogP contribution is 2.43. The molecule has 3 heteroatoms. The number of hydrogen-bond donors (Lipinski definition) is 0. The SMILES string of the molecule is C=C(C)[C@@H]1CC[C@@H](C)C[C@H]1c1ccc(OCCCO[Si](C)(C)C(C)(C)C)cc1. The van der Waals surface area contributed by atoms with Gasteiger partial charge in [0, 0.05) is 13.0 Å². The summed E-state index contributed by atoms with van der Waals surface area (Å²) in [6.07, 6.45) is 4.80. The van der Waals surface area contributed by atoms with Crippen molar-refractivity contribution in [3.63, 3.8) is 0 Å². The molecule has 0 unspecified atom stereocenters. The molecule has 2 nitrogen and oxygen atoms in total. The summed E-state index contributed by atoms with van der Waals surface area (Å²) in [6, 6.07) is 8.80. The van der Waals surface area contributed by atoms with Crippen molar-refractivity contribution in [1.82, 2.24) is 0 Å². The molecule has 0 bridgehead atoms. The van der Waals surface area contributed by atoms with Gasteiger partial charge in [-0.1, -0.05) is 58.4 Å². The molecule has 28 heavy (non-hydrogen) atoms. The standard InChI is InChI=1S/C25H42O2Si/c1-19(2)23-15-10-20(3)18-24(23)21-11-13-22(14-12-21)26-16-9-17-27-28(7,8)25(4,5)6/h11-14,20,23-24H,1,9-10,15-18H2,2-8H3/t20-,23+,24+/m1/s1. The lowest BCUT2D eigenvalue weighted by Crippen LogP contribution is -2.41. The van der Waals surface area contributed by atoms with Gasteiger partial charge in [-0.15, -0.1) is 0 Å². The molecule has 3 atom stereocenters. The van der Waals surface area contributed by atoms with Crippen molar-refractivity contribution in [2.24, 2.45) is 11.8 Å². The number of ether oxygens (including phenoxy) is 1. The number of benzene rings is 1. The van der Waals surface area contributed by atoms with E-state index in [0.717, 1.165) is 24.7 Å². The van der Waals surface area contributed by atoms with Gasteiger partial charge in [-0.25, -0.2) is 0 Å². The minimum atomic E-state index is -1.65. The highest BCUT2D eigenvalue weighted by Gasteiger charge is 2.36. The fourth-order valence-electron chi connectivity index (χ4n) is 3.94. The molecule has 0 spiro atoms. The molecule has 0 saturated heterocycles. The monoisotopic (exact) mass is 402 g/mol. The van der Waals surface area contributed by atoms with Crippen LogP contribution in [0.5, 0.6) is 5.75 Å². The van der Waals surface area contributed by atoms with E-state index < -0.39 is 8.32 Å². The summed E-state index contributed by atoms with van der Waals surface area (Å²) in [7, 11) is -1.65. The summed E-state index contributed by atoms with van der Waals surface area (Å²) in [6.45, 7) is 21.8. The Bertz CT molecular complexity index is 627. The first-order valence-corrected chi connectivity index (χ1v) is 13.9. The maximum atomic E-state index is 6.23. The van der Waals surface area contributed by atoms with Gasteiger partial charge in [0.15, 0.2) is 8.32 Å². The van der Waals surface area contributed by atoms with E-state index in [2.05, 4.69) is 78.6 Å². The molecular formula is C25H42O2Si. The van der Waals surface area contributed by atoms with Gasteiger partial charge in [-0.3, -0.25) is 0 Å². The topological polar surface area (TPSA) is 18.5 Å². The van der Waals surface area contributed by atoms with Crippen LogP contribution in [0.2, 0.25) is 18.1 Å². The van der Waals surface area contributed by atoms with Gasteiger partial charge in [0.1, 0.15) is 5.75 Å². The maximum absolute atomic E-state index is 6.23. The summed E-state index contributed by atoms with van der Waals surface area (Å²) >= 11 is 0. The molecular weight excluding hydrogens is 360 g/mol. The zero-order chi connectivity index (χ0) is 20.9. The zero-order valence-corrected chi connectivity index (χ0v) is 20.3. The van der Waals surface area contributed by atoms with Crippen LogP contribution in [-0.4, -0.2) is 21.5 Å². The van der Waals surface area contributed by atoms with Crippen LogP contribution < -0.4 is 4.74 Å². The number of hydrogen-bond acceptors (Lipinski definition) is 2. The minimum Gasteiger partial charge on any atom is -0.494 e. The van der Waals surface area contributed by atoms with E-state index in [9.17, 15) is 0 Å². The quantitative estimate of drug-likeness (QED) is 0.253. The summed E-state index contributed by atoms with van der Waals surface area (Å²) < 4.78 is 12.2. The predicted octanol–water partition coefficient (Wildman–Crippen LogP) is 7.57. The summed E-state index contributed by atoms with van der Waals surface area (Å²) in [5.41, 5.74) is 2.77. The first kappa shape index (κ1) is 23.2. The van der Waals surface area contributed by atoms with Gasteiger partial charge >= 0.3 is 0 Å². The fourth-order valence-corrected chi connectivity index (χ4v) is 5.03. The van der Waals surface area contributed by atoms with Crippen molar-refractivity contribution in [1.29, 1.82) is 0 Å². The minimum absolute atomic E-state index is 0.266. The molecule has 0 N–H and O–H groups in total. The Morgan fingerprint density at radius 1 is 1.11 bits per heavy atom. The van der Waals surface area contributed by atoms with Crippen LogP contribution in [0.1, 0.15) is 71.8 Å². The van der Waals surface area contributed by atoms with Gasteiger partial charge in [-0.2, -0.15) is 0 Å². The van der Waals surface area contributed by atoms with Crippen molar-refractivity contribution >= 4 is 8.32 Å². The Morgan fingerprint density at radius 2 is 1.75 bits per heavy atom. The Hall–Kier alpha value is -1.06. The van der Waals surface area contributed by atoms with Crippen LogP contribution in [0.3, 0.4) is 0 Å². The summed E-state index contributed by atoms with van der Waals surface area (Å²) in [5, 5.41) is 0.266. The zero-order valence-electron chi connectivity index (χ0n) is 19.3. The molecule has 2 rings (SSSR count). The normalized spacial score (nSPS) is 23.5. The molecule has 0 amide bonds. The van der Waals surface area contributed by atoms with Crippen LogP contribution in [0.4, 0.5) is 0 Å². The van der Waals surface area contributed by atoms with Gasteiger partial charge in [0.2, 0.25) is 0 Å². The van der Waals surface area contributed by atoms with E-state index in [0.29, 0.717) is 18.4 Å². The van der Waals surface area contributed by atoms with E-state index >= 15 is 0 Å². The van der Waals surface area contributed by atoms with Crippen LogP contribution in [0.25, 0.3) is 0 Å². The number of rotatable bonds is 8. The first-order valence-electron chi connectivity index (χ1n) is 11.0. The molecule has 0 aliphatic heterocycles. The molecule has 0 heterocycles. The largest absolute Gasteiger partial charge is 0.494 e. The lowest BCUT2D eigenvalue weighted by molar-refractivity contribution is 0.233. The van der Waals surface area contributed by atoms with Gasteiger partial charge in [-0.05, 0) is 73.3 Å². The third-order valence-electron chi connectivity index (χ3n) is 6.88. The Morgan fingerprint density at radius 3 is 2.32 bits per heavy atom. The molecule has 1 fully saturated rings. The molecule has 0 aromatic heterocycles. The van der Waals surface area contributed by atoms with Crippen molar-refractivity contribution in [3.8, 4) is 5.75 Å². The third kappa shape index (κ3) is 6.22. The van der Waals surface area contributed by atoms with Gasteiger partial charge in [0.25, 0.3) is 0 Å².